The Kier molecular flexibility index (Phi) is 3.33. The Morgan fingerprint density at radius 3 is 2.72 bits per heavy atom. The van der Waals surface area contributed by atoms with Crippen LogP contribution in [0.1, 0.15) is 25.0 Å². The Labute approximate surface area is 106 Å². The number of hydrogen-bond donors (Lipinski definition) is 2. The van der Waals surface area contributed by atoms with E-state index >= 15 is 0 Å². The van der Waals surface area contributed by atoms with E-state index in [0.29, 0.717) is 10.6 Å². The zero-order valence-electron chi connectivity index (χ0n) is 9.38. The minimum atomic E-state index is -1.09. The van der Waals surface area contributed by atoms with E-state index in [0.717, 1.165) is 5.01 Å². The molecule has 0 spiro atoms. The molecule has 0 saturated heterocycles. The first-order chi connectivity index (χ1) is 8.56. The van der Waals surface area contributed by atoms with Gasteiger partial charge in [0.1, 0.15) is 4.88 Å². The SMILES string of the molecule is Cc1ncc(C(=O)Nc2cncc(C(=O)O)c2)s1. The van der Waals surface area contributed by atoms with Gasteiger partial charge >= 0.3 is 5.97 Å². The Bertz CT molecular complexity index is 609. The molecule has 0 aliphatic heterocycles. The monoisotopic (exact) mass is 263 g/mol. The Morgan fingerprint density at radius 1 is 1.33 bits per heavy atom. The molecule has 0 atom stereocenters. The van der Waals surface area contributed by atoms with Crippen LogP contribution in [0.5, 0.6) is 0 Å². The number of anilines is 1. The number of rotatable bonds is 3. The van der Waals surface area contributed by atoms with Crippen molar-refractivity contribution in [1.82, 2.24) is 9.97 Å². The highest BCUT2D eigenvalue weighted by Gasteiger charge is 2.11. The fraction of sp³-hybridized carbons (Fsp3) is 0.0909. The number of carboxylic acid groups (broad SMARTS) is 1. The van der Waals surface area contributed by atoms with E-state index in [1.54, 1.807) is 6.92 Å². The summed E-state index contributed by atoms with van der Waals surface area (Å²) < 4.78 is 0. The molecular weight excluding hydrogens is 254 g/mol. The minimum absolute atomic E-state index is 0.0216. The number of carbonyl (C=O) groups excluding carboxylic acids is 1. The van der Waals surface area contributed by atoms with Crippen molar-refractivity contribution in [2.24, 2.45) is 0 Å². The molecular formula is C11H9N3O3S. The standard InChI is InChI=1S/C11H9N3O3S/c1-6-13-5-9(18-6)10(15)14-8-2-7(11(16)17)3-12-4-8/h2-5H,1H3,(H,14,15)(H,16,17). The van der Waals surface area contributed by atoms with Crippen LogP contribution >= 0.6 is 11.3 Å². The van der Waals surface area contributed by atoms with Crippen LogP contribution in [-0.4, -0.2) is 27.0 Å². The molecule has 0 aliphatic carbocycles. The van der Waals surface area contributed by atoms with Gasteiger partial charge in [-0.25, -0.2) is 9.78 Å². The van der Waals surface area contributed by atoms with Gasteiger partial charge in [0.05, 0.1) is 28.7 Å². The third kappa shape index (κ3) is 2.69. The number of thiazole rings is 1. The Morgan fingerprint density at radius 2 is 2.11 bits per heavy atom. The quantitative estimate of drug-likeness (QED) is 0.880. The molecule has 0 saturated carbocycles. The van der Waals surface area contributed by atoms with E-state index in [1.165, 1.54) is 36.0 Å². The third-order valence-corrected chi connectivity index (χ3v) is 3.00. The molecule has 92 valence electrons. The van der Waals surface area contributed by atoms with Gasteiger partial charge < -0.3 is 10.4 Å². The molecule has 2 aromatic heterocycles. The molecule has 0 unspecified atom stereocenters. The van der Waals surface area contributed by atoms with Crippen LogP contribution in [0.25, 0.3) is 0 Å². The summed E-state index contributed by atoms with van der Waals surface area (Å²) in [5.74, 6) is -1.42. The number of hydrogen-bond acceptors (Lipinski definition) is 5. The van der Waals surface area contributed by atoms with Crippen molar-refractivity contribution in [2.45, 2.75) is 6.92 Å². The first-order valence-electron chi connectivity index (χ1n) is 4.98. The average Bonchev–Trinajstić information content (AvgIpc) is 2.76. The van der Waals surface area contributed by atoms with E-state index in [-0.39, 0.29) is 11.5 Å². The predicted molar refractivity (Wildman–Crippen MR) is 66.0 cm³/mol. The molecule has 0 aliphatic rings. The smallest absolute Gasteiger partial charge is 0.337 e. The number of nitrogens with zero attached hydrogens (tertiary/aromatic N) is 2. The number of aromatic carboxylic acids is 1. The number of pyridine rings is 1. The van der Waals surface area contributed by atoms with Gasteiger partial charge in [-0.15, -0.1) is 11.3 Å². The number of amides is 1. The van der Waals surface area contributed by atoms with Gasteiger partial charge in [0.2, 0.25) is 0 Å². The van der Waals surface area contributed by atoms with Gasteiger partial charge in [0, 0.05) is 6.20 Å². The van der Waals surface area contributed by atoms with E-state index in [9.17, 15) is 9.59 Å². The zero-order chi connectivity index (χ0) is 13.1. The normalized spacial score (nSPS) is 10.1. The number of aryl methyl sites for hydroxylation is 1. The van der Waals surface area contributed by atoms with E-state index in [1.807, 2.05) is 0 Å². The van der Waals surface area contributed by atoms with Crippen molar-refractivity contribution in [3.8, 4) is 0 Å². The largest absolute Gasteiger partial charge is 0.478 e. The van der Waals surface area contributed by atoms with Crippen LogP contribution in [0.2, 0.25) is 0 Å². The van der Waals surface area contributed by atoms with Crippen molar-refractivity contribution in [3.05, 3.63) is 40.1 Å². The first kappa shape index (κ1) is 12.2. The maximum Gasteiger partial charge on any atom is 0.337 e. The summed E-state index contributed by atoms with van der Waals surface area (Å²) in [5.41, 5.74) is 0.360. The lowest BCUT2D eigenvalue weighted by molar-refractivity contribution is 0.0696. The zero-order valence-corrected chi connectivity index (χ0v) is 10.2. The molecule has 2 heterocycles. The summed E-state index contributed by atoms with van der Waals surface area (Å²) in [6, 6.07) is 1.35. The lowest BCUT2D eigenvalue weighted by Crippen LogP contribution is -2.11. The average molecular weight is 263 g/mol. The molecule has 2 aromatic rings. The fourth-order valence-electron chi connectivity index (χ4n) is 1.28. The highest BCUT2D eigenvalue weighted by molar-refractivity contribution is 7.13. The second kappa shape index (κ2) is 4.92. The molecule has 6 nitrogen and oxygen atoms in total. The number of nitrogens with one attached hydrogen (secondary N) is 1. The number of carbonyl (C=O) groups is 2. The summed E-state index contributed by atoms with van der Waals surface area (Å²) in [5, 5.41) is 12.2. The topological polar surface area (TPSA) is 92.2 Å². The molecule has 0 aromatic carbocycles. The van der Waals surface area contributed by atoms with E-state index < -0.39 is 5.97 Å². The number of aromatic nitrogens is 2. The van der Waals surface area contributed by atoms with Crippen molar-refractivity contribution in [1.29, 1.82) is 0 Å². The molecule has 7 heteroatoms. The molecule has 2 rings (SSSR count). The second-order valence-electron chi connectivity index (χ2n) is 3.47. The van der Waals surface area contributed by atoms with Gasteiger partial charge in [-0.3, -0.25) is 9.78 Å². The van der Waals surface area contributed by atoms with Crippen LogP contribution in [0, 0.1) is 6.92 Å². The van der Waals surface area contributed by atoms with Crippen LogP contribution < -0.4 is 5.32 Å². The van der Waals surface area contributed by atoms with Gasteiger partial charge in [-0.1, -0.05) is 0 Å². The van der Waals surface area contributed by atoms with Crippen LogP contribution in [0.3, 0.4) is 0 Å². The van der Waals surface area contributed by atoms with Gasteiger partial charge in [0.25, 0.3) is 5.91 Å². The van der Waals surface area contributed by atoms with Gasteiger partial charge in [0.15, 0.2) is 0 Å². The maximum atomic E-state index is 11.8. The Hall–Kier alpha value is -2.28. The summed E-state index contributed by atoms with van der Waals surface area (Å²) >= 11 is 1.27. The molecule has 2 N–H and O–H groups in total. The molecule has 0 fully saturated rings. The van der Waals surface area contributed by atoms with Crippen LogP contribution in [0.4, 0.5) is 5.69 Å². The van der Waals surface area contributed by atoms with Gasteiger partial charge in [-0.05, 0) is 13.0 Å². The van der Waals surface area contributed by atoms with E-state index in [4.69, 9.17) is 5.11 Å². The van der Waals surface area contributed by atoms with Crippen molar-refractivity contribution in [2.75, 3.05) is 5.32 Å². The fourth-order valence-corrected chi connectivity index (χ4v) is 1.96. The third-order valence-electron chi connectivity index (χ3n) is 2.09. The Balaban J connectivity index is 2.16. The highest BCUT2D eigenvalue weighted by atomic mass is 32.1. The van der Waals surface area contributed by atoms with Crippen LogP contribution in [-0.2, 0) is 0 Å². The van der Waals surface area contributed by atoms with E-state index in [2.05, 4.69) is 15.3 Å². The van der Waals surface area contributed by atoms with Crippen molar-refractivity contribution < 1.29 is 14.7 Å². The lowest BCUT2D eigenvalue weighted by atomic mass is 10.2. The predicted octanol–water partition coefficient (Wildman–Crippen LogP) is 1.80. The minimum Gasteiger partial charge on any atom is -0.478 e. The summed E-state index contributed by atoms with van der Waals surface area (Å²) in [6.45, 7) is 1.80. The molecule has 1 amide bonds. The maximum absolute atomic E-state index is 11.8. The number of carboxylic acids is 1. The van der Waals surface area contributed by atoms with Crippen molar-refractivity contribution >= 4 is 28.9 Å². The molecule has 18 heavy (non-hydrogen) atoms. The van der Waals surface area contributed by atoms with Gasteiger partial charge in [-0.2, -0.15) is 0 Å². The molecule has 0 bridgehead atoms. The summed E-state index contributed by atoms with van der Waals surface area (Å²) in [4.78, 5) is 30.7. The second-order valence-corrected chi connectivity index (χ2v) is 4.70. The van der Waals surface area contributed by atoms with Crippen molar-refractivity contribution in [3.63, 3.8) is 0 Å². The first-order valence-corrected chi connectivity index (χ1v) is 5.80. The van der Waals surface area contributed by atoms with Crippen LogP contribution in [0.15, 0.2) is 24.7 Å². The highest BCUT2D eigenvalue weighted by Crippen LogP contribution is 2.15. The molecule has 0 radical (unpaired) electrons. The lowest BCUT2D eigenvalue weighted by Gasteiger charge is -2.03. The summed E-state index contributed by atoms with van der Waals surface area (Å²) in [6.07, 6.45) is 4.08. The summed E-state index contributed by atoms with van der Waals surface area (Å²) in [7, 11) is 0.